The van der Waals surface area contributed by atoms with E-state index in [1.165, 1.54) is 16.9 Å². The van der Waals surface area contributed by atoms with Gasteiger partial charge in [0.15, 0.2) is 0 Å². The Hall–Kier alpha value is -1.99. The van der Waals surface area contributed by atoms with Crippen LogP contribution in [0.5, 0.6) is 0 Å². The number of aromatic nitrogens is 2. The van der Waals surface area contributed by atoms with Crippen LogP contribution in [0.2, 0.25) is 0 Å². The Morgan fingerprint density at radius 2 is 2.23 bits per heavy atom. The first-order chi connectivity index (χ1) is 10.7. The molecule has 1 aromatic heterocycles. The molecule has 2 amide bonds. The summed E-state index contributed by atoms with van der Waals surface area (Å²) in [6, 6.07) is 9.94. The van der Waals surface area contributed by atoms with Crippen LogP contribution in [0.3, 0.4) is 0 Å². The Balaban J connectivity index is 1.58. The molecule has 0 radical (unpaired) electrons. The third kappa shape index (κ3) is 3.80. The van der Waals surface area contributed by atoms with Crippen molar-refractivity contribution in [1.29, 1.82) is 0 Å². The number of nitrogens with zero attached hydrogens (tertiary/aromatic N) is 3. The van der Waals surface area contributed by atoms with Crippen molar-refractivity contribution in [2.45, 2.75) is 19.4 Å². The van der Waals surface area contributed by atoms with Gasteiger partial charge in [-0.1, -0.05) is 41.7 Å². The van der Waals surface area contributed by atoms with Gasteiger partial charge in [-0.25, -0.2) is 4.79 Å². The fourth-order valence-corrected chi connectivity index (χ4v) is 3.08. The van der Waals surface area contributed by atoms with Gasteiger partial charge in [0.25, 0.3) is 0 Å². The second-order valence-corrected chi connectivity index (χ2v) is 6.28. The number of urea groups is 1. The van der Waals surface area contributed by atoms with Crippen molar-refractivity contribution in [2.24, 2.45) is 0 Å². The van der Waals surface area contributed by atoms with E-state index in [1.54, 1.807) is 4.90 Å². The molecular formula is C15H18N4O2S. The summed E-state index contributed by atoms with van der Waals surface area (Å²) in [7, 11) is 0. The standard InChI is InChI=1S/C15H18N4O2S/c1-11-10-19(7-8-21-11)15(20)16-14-18-17-13(22-14)9-12-5-3-2-4-6-12/h2-6,11H,7-10H2,1H3,(H,16,18,20)/t11-/m1/s1. The maximum absolute atomic E-state index is 12.2. The highest BCUT2D eigenvalue weighted by atomic mass is 32.1. The first-order valence-electron chi connectivity index (χ1n) is 7.24. The van der Waals surface area contributed by atoms with Crippen molar-refractivity contribution in [3.05, 3.63) is 40.9 Å². The van der Waals surface area contributed by atoms with E-state index in [2.05, 4.69) is 27.6 Å². The number of carbonyl (C=O) groups excluding carboxylic acids is 1. The van der Waals surface area contributed by atoms with E-state index in [0.717, 1.165) is 11.4 Å². The Bertz CT molecular complexity index is 631. The monoisotopic (exact) mass is 318 g/mol. The number of hydrogen-bond donors (Lipinski definition) is 1. The van der Waals surface area contributed by atoms with Crippen molar-refractivity contribution < 1.29 is 9.53 Å². The van der Waals surface area contributed by atoms with Crippen LogP contribution < -0.4 is 5.32 Å². The van der Waals surface area contributed by atoms with Crippen molar-refractivity contribution in [1.82, 2.24) is 15.1 Å². The number of benzene rings is 1. The molecule has 1 atom stereocenters. The maximum atomic E-state index is 12.2. The van der Waals surface area contributed by atoms with Crippen LogP contribution in [0.1, 0.15) is 17.5 Å². The third-order valence-corrected chi connectivity index (χ3v) is 4.25. The van der Waals surface area contributed by atoms with Gasteiger partial charge in [-0.15, -0.1) is 10.2 Å². The van der Waals surface area contributed by atoms with Gasteiger partial charge in [-0.2, -0.15) is 0 Å². The van der Waals surface area contributed by atoms with Gasteiger partial charge in [0, 0.05) is 19.5 Å². The number of rotatable bonds is 3. The molecular weight excluding hydrogens is 300 g/mol. The van der Waals surface area contributed by atoms with Crippen LogP contribution in [0, 0.1) is 0 Å². The molecule has 1 fully saturated rings. The topological polar surface area (TPSA) is 67.4 Å². The van der Waals surface area contributed by atoms with Gasteiger partial charge in [0.1, 0.15) is 5.01 Å². The predicted molar refractivity (Wildman–Crippen MR) is 85.2 cm³/mol. The zero-order valence-corrected chi connectivity index (χ0v) is 13.2. The molecule has 6 nitrogen and oxygen atoms in total. The second-order valence-electron chi connectivity index (χ2n) is 5.22. The van der Waals surface area contributed by atoms with E-state index < -0.39 is 0 Å². The Labute approximate surface area is 133 Å². The highest BCUT2D eigenvalue weighted by molar-refractivity contribution is 7.15. The molecule has 1 aliphatic rings. The number of nitrogens with one attached hydrogen (secondary N) is 1. The molecule has 1 saturated heterocycles. The minimum Gasteiger partial charge on any atom is -0.375 e. The van der Waals surface area contributed by atoms with Gasteiger partial charge >= 0.3 is 6.03 Å². The number of carbonyl (C=O) groups is 1. The molecule has 3 rings (SSSR count). The van der Waals surface area contributed by atoms with Crippen molar-refractivity contribution in [3.8, 4) is 0 Å². The fraction of sp³-hybridized carbons (Fsp3) is 0.400. The molecule has 1 aromatic carbocycles. The largest absolute Gasteiger partial charge is 0.375 e. The highest BCUT2D eigenvalue weighted by Gasteiger charge is 2.22. The van der Waals surface area contributed by atoms with Crippen LogP contribution in [0.4, 0.5) is 9.93 Å². The summed E-state index contributed by atoms with van der Waals surface area (Å²) in [5, 5.41) is 12.4. The quantitative estimate of drug-likeness (QED) is 0.943. The van der Waals surface area contributed by atoms with Crippen molar-refractivity contribution in [3.63, 3.8) is 0 Å². The fourth-order valence-electron chi connectivity index (χ4n) is 2.32. The molecule has 1 N–H and O–H groups in total. The van der Waals surface area contributed by atoms with Crippen LogP contribution in [-0.4, -0.2) is 46.9 Å². The Morgan fingerprint density at radius 1 is 1.41 bits per heavy atom. The zero-order chi connectivity index (χ0) is 15.4. The van der Waals surface area contributed by atoms with Crippen molar-refractivity contribution in [2.75, 3.05) is 25.0 Å². The molecule has 0 saturated carbocycles. The average Bonchev–Trinajstić information content (AvgIpc) is 2.95. The molecule has 0 spiro atoms. The van der Waals surface area contributed by atoms with Gasteiger partial charge in [0.2, 0.25) is 5.13 Å². The molecule has 0 bridgehead atoms. The third-order valence-electron chi connectivity index (χ3n) is 3.41. The van der Waals surface area contributed by atoms with E-state index in [1.807, 2.05) is 25.1 Å². The molecule has 0 unspecified atom stereocenters. The van der Waals surface area contributed by atoms with Crippen LogP contribution in [0.15, 0.2) is 30.3 Å². The van der Waals surface area contributed by atoms with Gasteiger partial charge in [-0.05, 0) is 12.5 Å². The molecule has 1 aliphatic heterocycles. The van der Waals surface area contributed by atoms with Gasteiger partial charge < -0.3 is 9.64 Å². The van der Waals surface area contributed by atoms with E-state index in [9.17, 15) is 4.79 Å². The summed E-state index contributed by atoms with van der Waals surface area (Å²) in [6.45, 7) is 3.74. The van der Waals surface area contributed by atoms with Crippen molar-refractivity contribution >= 4 is 22.5 Å². The summed E-state index contributed by atoms with van der Waals surface area (Å²) >= 11 is 1.41. The number of hydrogen-bond acceptors (Lipinski definition) is 5. The maximum Gasteiger partial charge on any atom is 0.323 e. The van der Waals surface area contributed by atoms with Gasteiger partial charge in [-0.3, -0.25) is 5.32 Å². The Kier molecular flexibility index (Phi) is 4.65. The minimum atomic E-state index is -0.141. The summed E-state index contributed by atoms with van der Waals surface area (Å²) in [4.78, 5) is 13.9. The normalized spacial score (nSPS) is 18.2. The lowest BCUT2D eigenvalue weighted by molar-refractivity contribution is -0.00138. The van der Waals surface area contributed by atoms with E-state index in [0.29, 0.717) is 24.8 Å². The van der Waals surface area contributed by atoms with Crippen LogP contribution in [0.25, 0.3) is 0 Å². The predicted octanol–water partition coefficient (Wildman–Crippen LogP) is 2.38. The first kappa shape index (κ1) is 14.9. The number of anilines is 1. The molecule has 0 aliphatic carbocycles. The number of ether oxygens (including phenoxy) is 1. The SMILES string of the molecule is C[C@@H]1CN(C(=O)Nc2nnc(Cc3ccccc3)s2)CCO1. The van der Waals surface area contributed by atoms with Gasteiger partial charge in [0.05, 0.1) is 12.7 Å². The summed E-state index contributed by atoms with van der Waals surface area (Å²) in [5.41, 5.74) is 1.18. The summed E-state index contributed by atoms with van der Waals surface area (Å²) < 4.78 is 5.43. The molecule has 22 heavy (non-hydrogen) atoms. The molecule has 7 heteroatoms. The highest BCUT2D eigenvalue weighted by Crippen LogP contribution is 2.19. The first-order valence-corrected chi connectivity index (χ1v) is 8.06. The van der Waals surface area contributed by atoms with E-state index >= 15 is 0 Å². The lowest BCUT2D eigenvalue weighted by atomic mass is 10.2. The summed E-state index contributed by atoms with van der Waals surface area (Å²) in [5.74, 6) is 0. The lowest BCUT2D eigenvalue weighted by Crippen LogP contribution is -2.46. The molecule has 2 heterocycles. The number of amides is 2. The molecule has 116 valence electrons. The lowest BCUT2D eigenvalue weighted by Gasteiger charge is -2.30. The van der Waals surface area contributed by atoms with E-state index in [-0.39, 0.29) is 12.1 Å². The average molecular weight is 318 g/mol. The number of morpholine rings is 1. The zero-order valence-electron chi connectivity index (χ0n) is 12.4. The van der Waals surface area contributed by atoms with E-state index in [4.69, 9.17) is 4.74 Å². The summed E-state index contributed by atoms with van der Waals surface area (Å²) in [6.07, 6.45) is 0.797. The van der Waals surface area contributed by atoms with Crippen LogP contribution >= 0.6 is 11.3 Å². The molecule has 2 aromatic rings. The second kappa shape index (κ2) is 6.85. The van der Waals surface area contributed by atoms with Crippen LogP contribution in [-0.2, 0) is 11.2 Å². The minimum absolute atomic E-state index is 0.0718. The smallest absolute Gasteiger partial charge is 0.323 e. The Morgan fingerprint density at radius 3 is 3.00 bits per heavy atom.